The van der Waals surface area contributed by atoms with Crippen molar-refractivity contribution < 1.29 is 4.79 Å². The molecule has 1 aromatic heterocycles. The third-order valence-corrected chi connectivity index (χ3v) is 5.13. The molecule has 0 spiro atoms. The molecule has 0 radical (unpaired) electrons. The van der Waals surface area contributed by atoms with E-state index >= 15 is 0 Å². The first-order chi connectivity index (χ1) is 10.7. The Morgan fingerprint density at radius 3 is 2.73 bits per heavy atom. The summed E-state index contributed by atoms with van der Waals surface area (Å²) in [6.45, 7) is 3.62. The Hall–Kier alpha value is -1.36. The van der Waals surface area contributed by atoms with Crippen molar-refractivity contribution in [3.8, 4) is 0 Å². The second-order valence-electron chi connectivity index (χ2n) is 6.89. The zero-order chi connectivity index (χ0) is 15.4. The zero-order valence-corrected chi connectivity index (χ0v) is 13.6. The molecule has 5 nitrogen and oxygen atoms in total. The fourth-order valence-electron chi connectivity index (χ4n) is 3.88. The topological polar surface area (TPSA) is 50.2 Å². The Kier molecular flexibility index (Phi) is 5.13. The number of rotatable bonds is 4. The monoisotopic (exact) mass is 304 g/mol. The molecule has 1 aliphatic heterocycles. The first-order valence-electron chi connectivity index (χ1n) is 8.74. The van der Waals surface area contributed by atoms with E-state index in [9.17, 15) is 4.79 Å². The number of aromatic nitrogens is 2. The Morgan fingerprint density at radius 1 is 1.23 bits per heavy atom. The van der Waals surface area contributed by atoms with Crippen LogP contribution in [0.15, 0.2) is 12.4 Å². The van der Waals surface area contributed by atoms with Gasteiger partial charge in [0.05, 0.1) is 11.8 Å². The molecule has 0 bridgehead atoms. The summed E-state index contributed by atoms with van der Waals surface area (Å²) in [6, 6.07) is 0.323. The number of carbonyl (C=O) groups is 1. The number of piperidine rings is 1. The number of likely N-dealkylation sites (tertiary alicyclic amines) is 1. The van der Waals surface area contributed by atoms with Crippen molar-refractivity contribution in [2.75, 3.05) is 19.6 Å². The van der Waals surface area contributed by atoms with Crippen LogP contribution in [-0.4, -0.2) is 46.3 Å². The molecule has 1 saturated heterocycles. The maximum atomic E-state index is 12.4. The normalized spacial score (nSPS) is 26.8. The molecule has 1 aromatic rings. The van der Waals surface area contributed by atoms with Crippen molar-refractivity contribution in [1.82, 2.24) is 20.0 Å². The van der Waals surface area contributed by atoms with Gasteiger partial charge in [0.2, 0.25) is 0 Å². The quantitative estimate of drug-likeness (QED) is 0.928. The molecule has 2 aliphatic rings. The van der Waals surface area contributed by atoms with Gasteiger partial charge in [-0.15, -0.1) is 0 Å². The van der Waals surface area contributed by atoms with Crippen LogP contribution in [0.3, 0.4) is 0 Å². The smallest absolute Gasteiger partial charge is 0.254 e. The third kappa shape index (κ3) is 3.88. The van der Waals surface area contributed by atoms with Gasteiger partial charge < -0.3 is 10.2 Å². The minimum absolute atomic E-state index is 0.0312. The Morgan fingerprint density at radius 2 is 2.00 bits per heavy atom. The second-order valence-corrected chi connectivity index (χ2v) is 6.89. The van der Waals surface area contributed by atoms with Crippen LogP contribution >= 0.6 is 0 Å². The summed E-state index contributed by atoms with van der Waals surface area (Å²) in [5, 5.41) is 7.36. The molecule has 5 heteroatoms. The standard InChI is InChI=1S/C17H28N4O/c1-20-12-15(11-18-20)17(22)19-16-8-4-3-7-14(16)13-21-9-5-2-6-10-21/h11-12,14,16H,2-10,13H2,1H3,(H,19,22). The van der Waals surface area contributed by atoms with Gasteiger partial charge in [0.15, 0.2) is 0 Å². The summed E-state index contributed by atoms with van der Waals surface area (Å²) in [6.07, 6.45) is 12.4. The Bertz CT molecular complexity index is 493. The lowest BCUT2D eigenvalue weighted by Crippen LogP contribution is -2.47. The lowest BCUT2D eigenvalue weighted by Gasteiger charge is -2.37. The summed E-state index contributed by atoms with van der Waals surface area (Å²) >= 11 is 0. The molecular formula is C17H28N4O. The first-order valence-corrected chi connectivity index (χ1v) is 8.74. The van der Waals surface area contributed by atoms with Gasteiger partial charge in [-0.05, 0) is 44.7 Å². The van der Waals surface area contributed by atoms with Crippen LogP contribution in [0.5, 0.6) is 0 Å². The molecule has 1 aliphatic carbocycles. The summed E-state index contributed by atoms with van der Waals surface area (Å²) < 4.78 is 1.68. The molecular weight excluding hydrogens is 276 g/mol. The number of amides is 1. The van der Waals surface area contributed by atoms with E-state index < -0.39 is 0 Å². The predicted octanol–water partition coefficient (Wildman–Crippen LogP) is 2.19. The first kappa shape index (κ1) is 15.5. The van der Waals surface area contributed by atoms with E-state index in [0.29, 0.717) is 17.5 Å². The summed E-state index contributed by atoms with van der Waals surface area (Å²) in [5.74, 6) is 0.635. The molecule has 22 heavy (non-hydrogen) atoms. The van der Waals surface area contributed by atoms with Gasteiger partial charge in [-0.25, -0.2) is 0 Å². The lowest BCUT2D eigenvalue weighted by molar-refractivity contribution is 0.0877. The molecule has 2 fully saturated rings. The van der Waals surface area contributed by atoms with Crippen LogP contribution in [0.2, 0.25) is 0 Å². The highest BCUT2D eigenvalue weighted by Gasteiger charge is 2.29. The Labute approximate surface area is 133 Å². The largest absolute Gasteiger partial charge is 0.349 e. The average Bonchev–Trinajstić information content (AvgIpc) is 2.97. The van der Waals surface area contributed by atoms with Crippen LogP contribution in [-0.2, 0) is 7.05 Å². The zero-order valence-electron chi connectivity index (χ0n) is 13.6. The van der Waals surface area contributed by atoms with E-state index in [-0.39, 0.29) is 5.91 Å². The molecule has 1 N–H and O–H groups in total. The van der Waals surface area contributed by atoms with Gasteiger partial charge in [0.25, 0.3) is 5.91 Å². The summed E-state index contributed by atoms with van der Waals surface area (Å²) in [5.41, 5.74) is 0.671. The van der Waals surface area contributed by atoms with E-state index in [1.807, 2.05) is 7.05 Å². The second kappa shape index (κ2) is 7.27. The predicted molar refractivity (Wildman–Crippen MR) is 86.7 cm³/mol. The maximum Gasteiger partial charge on any atom is 0.254 e. The fourth-order valence-corrected chi connectivity index (χ4v) is 3.88. The maximum absolute atomic E-state index is 12.4. The van der Waals surface area contributed by atoms with Gasteiger partial charge in [-0.1, -0.05) is 19.3 Å². The van der Waals surface area contributed by atoms with Crippen molar-refractivity contribution in [2.45, 2.75) is 51.0 Å². The van der Waals surface area contributed by atoms with Crippen molar-refractivity contribution in [2.24, 2.45) is 13.0 Å². The number of hydrogen-bond acceptors (Lipinski definition) is 3. The molecule has 122 valence electrons. The van der Waals surface area contributed by atoms with Crippen molar-refractivity contribution in [3.05, 3.63) is 18.0 Å². The van der Waals surface area contributed by atoms with Gasteiger partial charge in [-0.2, -0.15) is 5.10 Å². The molecule has 1 amide bonds. The number of carbonyl (C=O) groups excluding carboxylic acids is 1. The highest BCUT2D eigenvalue weighted by Crippen LogP contribution is 2.26. The number of nitrogens with one attached hydrogen (secondary N) is 1. The minimum atomic E-state index is 0.0312. The lowest BCUT2D eigenvalue weighted by atomic mass is 9.83. The number of aryl methyl sites for hydroxylation is 1. The van der Waals surface area contributed by atoms with Gasteiger partial charge in [0.1, 0.15) is 0 Å². The van der Waals surface area contributed by atoms with Crippen molar-refractivity contribution >= 4 is 5.91 Å². The average molecular weight is 304 g/mol. The minimum Gasteiger partial charge on any atom is -0.349 e. The fraction of sp³-hybridized carbons (Fsp3) is 0.765. The molecule has 2 unspecified atom stereocenters. The Balaban J connectivity index is 1.58. The third-order valence-electron chi connectivity index (χ3n) is 5.13. The number of hydrogen-bond donors (Lipinski definition) is 1. The van der Waals surface area contributed by atoms with Crippen LogP contribution in [0.4, 0.5) is 0 Å². The molecule has 0 aromatic carbocycles. The highest BCUT2D eigenvalue weighted by atomic mass is 16.1. The van der Waals surface area contributed by atoms with E-state index in [1.54, 1.807) is 17.1 Å². The van der Waals surface area contributed by atoms with Crippen LogP contribution in [0, 0.1) is 5.92 Å². The van der Waals surface area contributed by atoms with Crippen molar-refractivity contribution in [3.63, 3.8) is 0 Å². The van der Waals surface area contributed by atoms with E-state index in [0.717, 1.165) is 13.0 Å². The molecule has 2 heterocycles. The van der Waals surface area contributed by atoms with Gasteiger partial charge in [-0.3, -0.25) is 9.48 Å². The SMILES string of the molecule is Cn1cc(C(=O)NC2CCCCC2CN2CCCCC2)cn1. The van der Waals surface area contributed by atoms with E-state index in [2.05, 4.69) is 15.3 Å². The van der Waals surface area contributed by atoms with E-state index in [4.69, 9.17) is 0 Å². The van der Waals surface area contributed by atoms with Gasteiger partial charge in [0, 0.05) is 25.8 Å². The van der Waals surface area contributed by atoms with Gasteiger partial charge >= 0.3 is 0 Å². The summed E-state index contributed by atoms with van der Waals surface area (Å²) in [4.78, 5) is 15.0. The van der Waals surface area contributed by atoms with Crippen LogP contribution < -0.4 is 5.32 Å². The molecule has 2 atom stereocenters. The van der Waals surface area contributed by atoms with Crippen LogP contribution in [0.25, 0.3) is 0 Å². The highest BCUT2D eigenvalue weighted by molar-refractivity contribution is 5.93. The van der Waals surface area contributed by atoms with Crippen LogP contribution in [0.1, 0.15) is 55.3 Å². The molecule has 1 saturated carbocycles. The molecule has 3 rings (SSSR count). The van der Waals surface area contributed by atoms with Crippen molar-refractivity contribution in [1.29, 1.82) is 0 Å². The van der Waals surface area contributed by atoms with E-state index in [1.165, 1.54) is 51.6 Å². The number of nitrogens with zero attached hydrogens (tertiary/aromatic N) is 3. The summed E-state index contributed by atoms with van der Waals surface area (Å²) in [7, 11) is 1.84.